The van der Waals surface area contributed by atoms with Crippen molar-refractivity contribution in [2.24, 2.45) is 0 Å². The highest BCUT2D eigenvalue weighted by Crippen LogP contribution is 2.24. The van der Waals surface area contributed by atoms with Gasteiger partial charge in [0.15, 0.2) is 0 Å². The Morgan fingerprint density at radius 2 is 2.11 bits per heavy atom. The lowest BCUT2D eigenvalue weighted by Crippen LogP contribution is -2.24. The summed E-state index contributed by atoms with van der Waals surface area (Å²) < 4.78 is 5.99. The molecule has 0 unspecified atom stereocenters. The summed E-state index contributed by atoms with van der Waals surface area (Å²) in [5.41, 5.74) is 1.47. The lowest BCUT2D eigenvalue weighted by Gasteiger charge is -2.04. The first kappa shape index (κ1) is 16.8. The Bertz CT molecular complexity index is 509. The van der Waals surface area contributed by atoms with Crippen molar-refractivity contribution in [1.29, 1.82) is 0 Å². The Morgan fingerprint density at radius 3 is 2.58 bits per heavy atom. The lowest BCUT2D eigenvalue weighted by molar-refractivity contribution is -0.667. The zero-order chi connectivity index (χ0) is 14.4. The maximum absolute atomic E-state index is 11.6. The summed E-state index contributed by atoms with van der Waals surface area (Å²) in [6, 6.07) is 5.18. The fourth-order valence-electron chi connectivity index (χ4n) is 1.57. The van der Waals surface area contributed by atoms with E-state index >= 15 is 0 Å². The Hall–Kier alpha value is -0.230. The number of benzene rings is 1. The van der Waals surface area contributed by atoms with Gasteiger partial charge >= 0.3 is 5.91 Å². The molecular weight excluding hydrogens is 373 g/mol. The van der Waals surface area contributed by atoms with Gasteiger partial charge in [-0.1, -0.05) is 39.1 Å². The van der Waals surface area contributed by atoms with E-state index in [-0.39, 0.29) is 5.91 Å². The normalized spacial score (nSPS) is 12.1. The van der Waals surface area contributed by atoms with Crippen molar-refractivity contribution >= 4 is 63.7 Å². The van der Waals surface area contributed by atoms with Gasteiger partial charge in [0, 0.05) is 17.3 Å². The summed E-state index contributed by atoms with van der Waals surface area (Å²) in [5.74, 6) is -0.259. The number of amides is 1. The number of hydroxylamine groups is 1. The first-order valence-corrected chi connectivity index (χ1v) is 7.75. The number of nitrogens with zero attached hydrogens (tertiary/aromatic N) is 1. The molecule has 0 fully saturated rings. The van der Waals surface area contributed by atoms with E-state index in [0.29, 0.717) is 22.2 Å². The van der Waals surface area contributed by atoms with Crippen LogP contribution in [0.2, 0.25) is 10.0 Å². The van der Waals surface area contributed by atoms with Gasteiger partial charge in [0.05, 0.1) is 21.7 Å². The number of rotatable bonds is 5. The van der Waals surface area contributed by atoms with Gasteiger partial charge in [-0.15, -0.1) is 0 Å². The molecule has 19 heavy (non-hydrogen) atoms. The van der Waals surface area contributed by atoms with Gasteiger partial charge in [-0.3, -0.25) is 0 Å². The molecule has 0 radical (unpaired) electrons. The van der Waals surface area contributed by atoms with E-state index in [1.54, 1.807) is 18.2 Å². The third kappa shape index (κ3) is 4.67. The highest BCUT2D eigenvalue weighted by Gasteiger charge is 2.24. The molecule has 0 aromatic heterocycles. The molecule has 104 valence electrons. The van der Waals surface area contributed by atoms with Gasteiger partial charge < -0.3 is 0 Å². The molecule has 0 aliphatic rings. The standard InChI is InChI=1S/C12H12BrCl2NO2S/c1-8(17)16(18-19)12(3-2-6-13)9-4-5-10(14)11(15)7-9/h4-5,7H,2-3,6H2,1H3/p+1. The number of hydrogen-bond acceptors (Lipinski definition) is 3. The number of halogens is 3. The van der Waals surface area contributed by atoms with Crippen molar-refractivity contribution in [2.75, 3.05) is 5.33 Å². The molecule has 1 aromatic rings. The van der Waals surface area contributed by atoms with Crippen LogP contribution in [0, 0.1) is 0 Å². The zero-order valence-corrected chi connectivity index (χ0v) is 14.2. The second-order valence-electron chi connectivity index (χ2n) is 3.76. The summed E-state index contributed by atoms with van der Waals surface area (Å²) in [6.45, 7) is 1.40. The molecule has 0 saturated carbocycles. The van der Waals surface area contributed by atoms with Gasteiger partial charge in [0.1, 0.15) is 12.9 Å². The van der Waals surface area contributed by atoms with Crippen molar-refractivity contribution in [3.8, 4) is 0 Å². The van der Waals surface area contributed by atoms with E-state index < -0.39 is 0 Å². The van der Waals surface area contributed by atoms with E-state index in [1.165, 1.54) is 6.92 Å². The lowest BCUT2D eigenvalue weighted by atomic mass is 10.1. The fourth-order valence-corrected chi connectivity index (χ4v) is 2.36. The second kappa shape index (κ2) is 8.15. The van der Waals surface area contributed by atoms with Crippen LogP contribution in [0.1, 0.15) is 25.3 Å². The summed E-state index contributed by atoms with van der Waals surface area (Å²) in [4.78, 5) is 11.6. The van der Waals surface area contributed by atoms with Crippen LogP contribution in [0.3, 0.4) is 0 Å². The largest absolute Gasteiger partial charge is 0.432 e. The monoisotopic (exact) mass is 384 g/mol. The van der Waals surface area contributed by atoms with Crippen LogP contribution in [0.25, 0.3) is 0 Å². The van der Waals surface area contributed by atoms with Crippen molar-refractivity contribution in [3.05, 3.63) is 33.8 Å². The number of hydrogen-bond donors (Lipinski definition) is 1. The minimum atomic E-state index is -0.259. The minimum Gasteiger partial charge on any atom is -0.215 e. The van der Waals surface area contributed by atoms with E-state index in [4.69, 9.17) is 27.5 Å². The predicted molar refractivity (Wildman–Crippen MR) is 84.6 cm³/mol. The van der Waals surface area contributed by atoms with Crippen LogP contribution in [0.4, 0.5) is 0 Å². The number of carbonyl (C=O) groups is 1. The molecule has 0 spiro atoms. The van der Waals surface area contributed by atoms with Crippen molar-refractivity contribution in [1.82, 2.24) is 0 Å². The summed E-state index contributed by atoms with van der Waals surface area (Å²) >= 11 is 19.0. The second-order valence-corrected chi connectivity index (χ2v) is 5.53. The predicted octanol–water partition coefficient (Wildman–Crippen LogP) is 4.29. The van der Waals surface area contributed by atoms with Crippen LogP contribution in [-0.4, -0.2) is 21.7 Å². The van der Waals surface area contributed by atoms with Crippen molar-refractivity contribution in [2.45, 2.75) is 19.8 Å². The Balaban J connectivity index is 3.29. The van der Waals surface area contributed by atoms with Crippen molar-refractivity contribution in [3.63, 3.8) is 0 Å². The molecule has 0 atom stereocenters. The molecule has 0 N–H and O–H groups in total. The van der Waals surface area contributed by atoms with E-state index in [1.807, 2.05) is 0 Å². The molecule has 1 rings (SSSR count). The topological polar surface area (TPSA) is 29.3 Å². The van der Waals surface area contributed by atoms with E-state index in [0.717, 1.165) is 22.1 Å². The maximum Gasteiger partial charge on any atom is 0.432 e. The Kier molecular flexibility index (Phi) is 7.21. The van der Waals surface area contributed by atoms with Gasteiger partial charge in [-0.25, -0.2) is 4.79 Å². The zero-order valence-electron chi connectivity index (χ0n) is 10.2. The molecule has 3 nitrogen and oxygen atoms in total. The van der Waals surface area contributed by atoms with Gasteiger partial charge in [-0.05, 0) is 24.6 Å². The van der Waals surface area contributed by atoms with Crippen LogP contribution in [-0.2, 0) is 9.08 Å². The average Bonchev–Trinajstić information content (AvgIpc) is 2.37. The van der Waals surface area contributed by atoms with Gasteiger partial charge in [0.25, 0.3) is 0 Å². The molecule has 1 amide bonds. The van der Waals surface area contributed by atoms with Crippen LogP contribution < -0.4 is 0 Å². The number of thiol groups is 1. The fraction of sp³-hybridized carbons (Fsp3) is 0.333. The molecule has 7 heteroatoms. The highest BCUT2D eigenvalue weighted by molar-refractivity contribution is 9.09. The van der Waals surface area contributed by atoms with Crippen molar-refractivity contribution < 1.29 is 13.8 Å². The van der Waals surface area contributed by atoms with Crippen LogP contribution in [0.15, 0.2) is 18.2 Å². The minimum absolute atomic E-state index is 0.259. The number of alkyl halides is 1. The average molecular weight is 386 g/mol. The molecule has 0 heterocycles. The molecule has 0 saturated heterocycles. The molecular formula is C12H13BrCl2NO2S+. The van der Waals surface area contributed by atoms with E-state index in [9.17, 15) is 4.79 Å². The molecule has 1 aromatic carbocycles. The smallest absolute Gasteiger partial charge is 0.215 e. The van der Waals surface area contributed by atoms with Crippen LogP contribution in [0.5, 0.6) is 0 Å². The molecule has 0 bridgehead atoms. The third-order valence-corrected chi connectivity index (χ3v) is 3.88. The summed E-state index contributed by atoms with van der Waals surface area (Å²) in [7, 11) is 0. The first-order chi connectivity index (χ1) is 9.01. The third-order valence-electron chi connectivity index (χ3n) is 2.41. The van der Waals surface area contributed by atoms with E-state index in [2.05, 4.69) is 28.8 Å². The van der Waals surface area contributed by atoms with Gasteiger partial charge in [-0.2, -0.15) is 4.28 Å². The maximum atomic E-state index is 11.6. The highest BCUT2D eigenvalue weighted by atomic mass is 79.9. The van der Waals surface area contributed by atoms with Crippen LogP contribution >= 0.6 is 52.0 Å². The Morgan fingerprint density at radius 1 is 1.42 bits per heavy atom. The molecule has 0 aliphatic carbocycles. The Labute approximate surface area is 136 Å². The first-order valence-electron chi connectivity index (χ1n) is 5.50. The quantitative estimate of drug-likeness (QED) is 0.204. The summed E-state index contributed by atoms with van der Waals surface area (Å²) in [6.07, 6.45) is 1.49. The summed E-state index contributed by atoms with van der Waals surface area (Å²) in [5, 5.41) is 1.71. The SMILES string of the molecule is CC(=O)[N+](OS)=C(CCCBr)c1ccc(Cl)c(Cl)c1. The number of carbonyl (C=O) groups excluding carboxylic acids is 1. The van der Waals surface area contributed by atoms with Gasteiger partial charge in [0.2, 0.25) is 5.71 Å². The molecule has 0 aliphatic heterocycles.